The van der Waals surface area contributed by atoms with Gasteiger partial charge in [-0.2, -0.15) is 0 Å². The first-order valence-corrected chi connectivity index (χ1v) is 12.4. The van der Waals surface area contributed by atoms with Crippen LogP contribution in [0.1, 0.15) is 47.3 Å². The normalized spacial score (nSPS) is 16.3. The number of aryl methyl sites for hydroxylation is 2. The third kappa shape index (κ3) is 7.35. The maximum Gasteiger partial charge on any atom is 0.191 e. The lowest BCUT2D eigenvalue weighted by atomic mass is 9.97. The van der Waals surface area contributed by atoms with Crippen LogP contribution in [0.4, 0.5) is 0 Å². The Bertz CT molecular complexity index is 761. The van der Waals surface area contributed by atoms with E-state index in [9.17, 15) is 0 Å². The van der Waals surface area contributed by atoms with Crippen LogP contribution in [0.5, 0.6) is 0 Å². The lowest BCUT2D eigenvalue weighted by Gasteiger charge is -2.30. The van der Waals surface area contributed by atoms with Crippen LogP contribution < -0.4 is 10.6 Å². The minimum Gasteiger partial charge on any atom is -0.357 e. The molecule has 1 aliphatic rings. The SMILES string of the molecule is CCNC(=NCC1CCN(Cc2csc(CC)n2)CC1)NCCc1ncc(C)s1. The molecule has 0 bridgehead atoms. The summed E-state index contributed by atoms with van der Waals surface area (Å²) < 4.78 is 0. The van der Waals surface area contributed by atoms with E-state index in [1.807, 2.05) is 6.20 Å². The standard InChI is InChI=1S/C21H34N6S2/c1-4-19-26-18(15-28-19)14-27-10-7-17(8-11-27)13-25-21(22-5-2)23-9-6-20-24-12-16(3)29-20/h12,15,17H,4-11,13-14H2,1-3H3,(H2,22,23,25). The largest absolute Gasteiger partial charge is 0.357 e. The van der Waals surface area contributed by atoms with Crippen LogP contribution in [0.2, 0.25) is 0 Å². The van der Waals surface area contributed by atoms with Gasteiger partial charge < -0.3 is 10.6 Å². The number of nitrogens with zero attached hydrogens (tertiary/aromatic N) is 4. The van der Waals surface area contributed by atoms with Crippen LogP contribution >= 0.6 is 22.7 Å². The third-order valence-electron chi connectivity index (χ3n) is 5.15. The van der Waals surface area contributed by atoms with E-state index >= 15 is 0 Å². The summed E-state index contributed by atoms with van der Waals surface area (Å²) >= 11 is 3.56. The summed E-state index contributed by atoms with van der Waals surface area (Å²) in [7, 11) is 0. The number of hydrogen-bond acceptors (Lipinski definition) is 6. The van der Waals surface area contributed by atoms with Crippen molar-refractivity contribution in [3.63, 3.8) is 0 Å². The first-order chi connectivity index (χ1) is 14.2. The molecule has 160 valence electrons. The number of hydrogen-bond donors (Lipinski definition) is 2. The van der Waals surface area contributed by atoms with Crippen LogP contribution in [0.15, 0.2) is 16.6 Å². The molecule has 8 heteroatoms. The molecular formula is C21H34N6S2. The fourth-order valence-electron chi connectivity index (χ4n) is 3.51. The highest BCUT2D eigenvalue weighted by Gasteiger charge is 2.20. The summed E-state index contributed by atoms with van der Waals surface area (Å²) in [6.45, 7) is 12.3. The average Bonchev–Trinajstić information content (AvgIpc) is 3.36. The number of piperidine rings is 1. The van der Waals surface area contributed by atoms with E-state index in [1.165, 1.54) is 33.4 Å². The highest BCUT2D eigenvalue weighted by molar-refractivity contribution is 7.11. The molecule has 2 aromatic heterocycles. The second-order valence-electron chi connectivity index (χ2n) is 7.57. The number of nitrogens with one attached hydrogen (secondary N) is 2. The summed E-state index contributed by atoms with van der Waals surface area (Å²) in [6.07, 6.45) is 6.36. The Morgan fingerprint density at radius 3 is 2.72 bits per heavy atom. The Labute approximate surface area is 182 Å². The molecule has 0 spiro atoms. The van der Waals surface area contributed by atoms with E-state index in [0.29, 0.717) is 5.92 Å². The van der Waals surface area contributed by atoms with Gasteiger partial charge in [0.1, 0.15) is 0 Å². The zero-order valence-electron chi connectivity index (χ0n) is 17.9. The summed E-state index contributed by atoms with van der Waals surface area (Å²) in [5.74, 6) is 1.60. The summed E-state index contributed by atoms with van der Waals surface area (Å²) in [6, 6.07) is 0. The van der Waals surface area contributed by atoms with E-state index in [4.69, 9.17) is 9.98 Å². The molecule has 1 aliphatic heterocycles. The van der Waals surface area contributed by atoms with Crippen molar-refractivity contribution in [2.24, 2.45) is 10.9 Å². The minimum absolute atomic E-state index is 0.671. The molecule has 0 radical (unpaired) electrons. The molecule has 0 amide bonds. The van der Waals surface area contributed by atoms with E-state index in [0.717, 1.165) is 58.1 Å². The molecule has 1 saturated heterocycles. The Morgan fingerprint density at radius 2 is 2.07 bits per heavy atom. The molecule has 6 nitrogen and oxygen atoms in total. The maximum absolute atomic E-state index is 4.85. The van der Waals surface area contributed by atoms with Crippen LogP contribution in [0.25, 0.3) is 0 Å². The number of likely N-dealkylation sites (tertiary alicyclic amines) is 1. The number of rotatable bonds is 9. The molecule has 1 fully saturated rings. The quantitative estimate of drug-likeness (QED) is 0.467. The number of thiazole rings is 2. The van der Waals surface area contributed by atoms with Crippen molar-refractivity contribution in [2.75, 3.05) is 32.7 Å². The maximum atomic E-state index is 4.85. The molecular weight excluding hydrogens is 400 g/mol. The highest BCUT2D eigenvalue weighted by Crippen LogP contribution is 2.20. The molecule has 29 heavy (non-hydrogen) atoms. The Balaban J connectivity index is 1.39. The van der Waals surface area contributed by atoms with Crippen molar-refractivity contribution >= 4 is 28.6 Å². The van der Waals surface area contributed by atoms with Gasteiger partial charge in [0.15, 0.2) is 5.96 Å². The van der Waals surface area contributed by atoms with Crippen LogP contribution in [-0.4, -0.2) is 53.6 Å². The van der Waals surface area contributed by atoms with Crippen LogP contribution in [-0.2, 0) is 19.4 Å². The monoisotopic (exact) mass is 434 g/mol. The molecule has 2 aromatic rings. The lowest BCUT2D eigenvalue weighted by Crippen LogP contribution is -2.39. The van der Waals surface area contributed by atoms with Gasteiger partial charge in [-0.15, -0.1) is 22.7 Å². The number of guanidine groups is 1. The van der Waals surface area contributed by atoms with Crippen LogP contribution in [0.3, 0.4) is 0 Å². The predicted octanol–water partition coefficient (Wildman–Crippen LogP) is 3.48. The Morgan fingerprint density at radius 1 is 1.24 bits per heavy atom. The topological polar surface area (TPSA) is 65.4 Å². The van der Waals surface area contributed by atoms with Crippen molar-refractivity contribution in [3.8, 4) is 0 Å². The van der Waals surface area contributed by atoms with Gasteiger partial charge in [0.25, 0.3) is 0 Å². The van der Waals surface area contributed by atoms with Crippen molar-refractivity contribution in [1.29, 1.82) is 0 Å². The van der Waals surface area contributed by atoms with Gasteiger partial charge in [-0.25, -0.2) is 9.97 Å². The van der Waals surface area contributed by atoms with Gasteiger partial charge in [0.05, 0.1) is 15.7 Å². The zero-order valence-corrected chi connectivity index (χ0v) is 19.5. The Kier molecular flexibility index (Phi) is 8.89. The predicted molar refractivity (Wildman–Crippen MR) is 124 cm³/mol. The van der Waals surface area contributed by atoms with Crippen molar-refractivity contribution < 1.29 is 0 Å². The minimum atomic E-state index is 0.671. The Hall–Kier alpha value is -1.51. The van der Waals surface area contributed by atoms with Crippen molar-refractivity contribution in [3.05, 3.63) is 32.2 Å². The van der Waals surface area contributed by atoms with Gasteiger partial charge in [-0.1, -0.05) is 6.92 Å². The lowest BCUT2D eigenvalue weighted by molar-refractivity contribution is 0.179. The molecule has 0 atom stereocenters. The van der Waals surface area contributed by atoms with Crippen LogP contribution in [0, 0.1) is 12.8 Å². The van der Waals surface area contributed by atoms with Gasteiger partial charge in [-0.3, -0.25) is 9.89 Å². The second kappa shape index (κ2) is 11.6. The summed E-state index contributed by atoms with van der Waals surface area (Å²) in [4.78, 5) is 17.8. The zero-order chi connectivity index (χ0) is 20.5. The van der Waals surface area contributed by atoms with Gasteiger partial charge >= 0.3 is 0 Å². The summed E-state index contributed by atoms with van der Waals surface area (Å²) in [5.41, 5.74) is 1.23. The molecule has 0 aliphatic carbocycles. The fourth-order valence-corrected chi connectivity index (χ4v) is 5.03. The van der Waals surface area contributed by atoms with Gasteiger partial charge in [0.2, 0.25) is 0 Å². The molecule has 3 rings (SSSR count). The average molecular weight is 435 g/mol. The van der Waals surface area contributed by atoms with Gasteiger partial charge in [-0.05, 0) is 52.1 Å². The summed E-state index contributed by atoms with van der Waals surface area (Å²) in [5, 5.41) is 11.5. The number of aliphatic imine (C=N–C) groups is 1. The molecule has 0 aromatic carbocycles. The van der Waals surface area contributed by atoms with E-state index in [2.05, 4.69) is 46.7 Å². The van der Waals surface area contributed by atoms with E-state index in [1.54, 1.807) is 22.7 Å². The van der Waals surface area contributed by atoms with Gasteiger partial charge in [0, 0.05) is 49.1 Å². The molecule has 2 N–H and O–H groups in total. The molecule has 3 heterocycles. The van der Waals surface area contributed by atoms with E-state index in [-0.39, 0.29) is 0 Å². The van der Waals surface area contributed by atoms with Crippen molar-refractivity contribution in [1.82, 2.24) is 25.5 Å². The second-order valence-corrected chi connectivity index (χ2v) is 9.83. The fraction of sp³-hybridized carbons (Fsp3) is 0.667. The first-order valence-electron chi connectivity index (χ1n) is 10.7. The number of aromatic nitrogens is 2. The van der Waals surface area contributed by atoms with Crippen molar-refractivity contribution in [2.45, 2.75) is 53.0 Å². The smallest absolute Gasteiger partial charge is 0.191 e. The van der Waals surface area contributed by atoms with E-state index < -0.39 is 0 Å². The molecule has 0 saturated carbocycles. The third-order valence-corrected chi connectivity index (χ3v) is 7.16. The first kappa shape index (κ1) is 22.2. The highest BCUT2D eigenvalue weighted by atomic mass is 32.1. The molecule has 0 unspecified atom stereocenters.